The lowest BCUT2D eigenvalue weighted by Crippen LogP contribution is -1.83. The number of nitrogens with zero attached hydrogens (tertiary/aromatic N) is 2. The van der Waals surface area contributed by atoms with Crippen molar-refractivity contribution < 1.29 is 9.72 Å². The molecule has 1 heterocycles. The van der Waals surface area contributed by atoms with Crippen LogP contribution >= 0.6 is 27.3 Å². The van der Waals surface area contributed by atoms with Gasteiger partial charge < -0.3 is 0 Å². The standard InChI is InChI=1S/C5HBrN2O3S/c6-5-3(8(10)11)1-4(12-5)7-2-9/h1H. The van der Waals surface area contributed by atoms with E-state index in [0.29, 0.717) is 3.79 Å². The van der Waals surface area contributed by atoms with Crippen LogP contribution in [0.3, 0.4) is 0 Å². The third kappa shape index (κ3) is 1.76. The number of halogens is 1. The quantitative estimate of drug-likeness (QED) is 0.349. The van der Waals surface area contributed by atoms with Gasteiger partial charge in [-0.05, 0) is 15.9 Å². The molecule has 0 bridgehead atoms. The first-order valence-electron chi connectivity index (χ1n) is 2.66. The number of thiophene rings is 1. The highest BCUT2D eigenvalue weighted by atomic mass is 79.9. The lowest BCUT2D eigenvalue weighted by Gasteiger charge is -1.81. The van der Waals surface area contributed by atoms with Gasteiger partial charge in [-0.1, -0.05) is 0 Å². The second-order valence-electron chi connectivity index (χ2n) is 1.70. The van der Waals surface area contributed by atoms with Crippen LogP contribution in [0.5, 0.6) is 0 Å². The zero-order valence-corrected chi connectivity index (χ0v) is 7.89. The molecule has 62 valence electrons. The van der Waals surface area contributed by atoms with E-state index in [2.05, 4.69) is 20.9 Å². The molecule has 1 aromatic rings. The predicted molar refractivity (Wildman–Crippen MR) is 46.5 cm³/mol. The minimum Gasteiger partial charge on any atom is -0.258 e. The maximum Gasteiger partial charge on any atom is 0.296 e. The summed E-state index contributed by atoms with van der Waals surface area (Å²) in [5, 5.41) is 10.5. The molecule has 5 nitrogen and oxygen atoms in total. The molecule has 1 rings (SSSR count). The monoisotopic (exact) mass is 248 g/mol. The fourth-order valence-electron chi connectivity index (χ4n) is 0.572. The summed E-state index contributed by atoms with van der Waals surface area (Å²) in [6, 6.07) is 1.21. The molecule has 0 radical (unpaired) electrons. The molecular weight excluding hydrogens is 248 g/mol. The summed E-state index contributed by atoms with van der Waals surface area (Å²) in [6.07, 6.45) is 1.31. The van der Waals surface area contributed by atoms with Crippen molar-refractivity contribution in [2.45, 2.75) is 0 Å². The van der Waals surface area contributed by atoms with Gasteiger partial charge >= 0.3 is 0 Å². The average Bonchev–Trinajstić information content (AvgIpc) is 2.32. The zero-order chi connectivity index (χ0) is 9.14. The molecule has 0 fully saturated rings. The maximum atomic E-state index is 10.3. The van der Waals surface area contributed by atoms with Gasteiger partial charge in [-0.3, -0.25) is 10.1 Å². The van der Waals surface area contributed by atoms with Crippen LogP contribution in [-0.2, 0) is 4.79 Å². The molecule has 1 aromatic heterocycles. The molecule has 0 unspecified atom stereocenters. The Morgan fingerprint density at radius 3 is 2.83 bits per heavy atom. The third-order valence-corrected chi connectivity index (χ3v) is 2.71. The average molecular weight is 249 g/mol. The Kier molecular flexibility index (Phi) is 2.69. The topological polar surface area (TPSA) is 72.6 Å². The predicted octanol–water partition coefficient (Wildman–Crippen LogP) is 2.39. The number of hydrogen-bond acceptors (Lipinski definition) is 5. The van der Waals surface area contributed by atoms with E-state index in [9.17, 15) is 14.9 Å². The number of carbonyl (C=O) groups excluding carboxylic acids is 1. The van der Waals surface area contributed by atoms with Crippen molar-refractivity contribution in [3.63, 3.8) is 0 Å². The molecule has 0 N–H and O–H groups in total. The molecule has 0 spiro atoms. The van der Waals surface area contributed by atoms with Gasteiger partial charge in [0.15, 0.2) is 0 Å². The van der Waals surface area contributed by atoms with Crippen LogP contribution in [0.2, 0.25) is 0 Å². The van der Waals surface area contributed by atoms with E-state index in [1.165, 1.54) is 12.1 Å². The van der Waals surface area contributed by atoms with Crippen LogP contribution in [0.1, 0.15) is 0 Å². The van der Waals surface area contributed by atoms with Gasteiger partial charge in [-0.2, -0.15) is 4.99 Å². The Hall–Kier alpha value is -1.04. The minimum absolute atomic E-state index is 0.0889. The van der Waals surface area contributed by atoms with E-state index >= 15 is 0 Å². The van der Waals surface area contributed by atoms with Crippen molar-refractivity contribution >= 4 is 44.0 Å². The number of hydrogen-bond donors (Lipinski definition) is 0. The van der Waals surface area contributed by atoms with Gasteiger partial charge in [0.25, 0.3) is 5.69 Å². The number of nitro groups is 1. The molecule has 0 aliphatic rings. The van der Waals surface area contributed by atoms with Gasteiger partial charge in [0.2, 0.25) is 6.08 Å². The highest BCUT2D eigenvalue weighted by Gasteiger charge is 2.16. The molecule has 0 amide bonds. The van der Waals surface area contributed by atoms with E-state index in [-0.39, 0.29) is 10.7 Å². The molecule has 0 saturated carbocycles. The summed E-state index contributed by atoms with van der Waals surface area (Å²) in [6.45, 7) is 0. The lowest BCUT2D eigenvalue weighted by atomic mass is 10.5. The Morgan fingerprint density at radius 1 is 1.75 bits per heavy atom. The molecule has 12 heavy (non-hydrogen) atoms. The van der Waals surface area contributed by atoms with Crippen LogP contribution in [0.15, 0.2) is 14.8 Å². The van der Waals surface area contributed by atoms with Crippen LogP contribution in [-0.4, -0.2) is 11.0 Å². The molecule has 0 aromatic carbocycles. The van der Waals surface area contributed by atoms with Gasteiger partial charge in [0.1, 0.15) is 8.79 Å². The Morgan fingerprint density at radius 2 is 2.42 bits per heavy atom. The third-order valence-electron chi connectivity index (χ3n) is 1.01. The van der Waals surface area contributed by atoms with Gasteiger partial charge in [-0.25, -0.2) is 4.79 Å². The summed E-state index contributed by atoms with van der Waals surface area (Å²) in [5.74, 6) is 0. The molecule has 0 saturated heterocycles. The van der Waals surface area contributed by atoms with E-state index in [1.807, 2.05) is 0 Å². The second kappa shape index (κ2) is 3.57. The summed E-state index contributed by atoms with van der Waals surface area (Å²) in [7, 11) is 0. The van der Waals surface area contributed by atoms with E-state index < -0.39 is 4.92 Å². The highest BCUT2D eigenvalue weighted by molar-refractivity contribution is 9.11. The summed E-state index contributed by atoms with van der Waals surface area (Å²) >= 11 is 3.99. The number of aliphatic imine (C=N–C) groups is 1. The van der Waals surface area contributed by atoms with Crippen molar-refractivity contribution in [2.75, 3.05) is 0 Å². The van der Waals surface area contributed by atoms with Gasteiger partial charge in [-0.15, -0.1) is 11.3 Å². The highest BCUT2D eigenvalue weighted by Crippen LogP contribution is 2.38. The fraction of sp³-hybridized carbons (Fsp3) is 0. The zero-order valence-electron chi connectivity index (χ0n) is 5.48. The van der Waals surface area contributed by atoms with E-state index in [4.69, 9.17) is 0 Å². The summed E-state index contributed by atoms with van der Waals surface area (Å²) in [4.78, 5) is 22.8. The summed E-state index contributed by atoms with van der Waals surface area (Å²) in [5.41, 5.74) is -0.0889. The number of isocyanates is 1. The molecule has 0 atom stereocenters. The molecule has 0 aliphatic heterocycles. The van der Waals surface area contributed by atoms with E-state index in [1.54, 1.807) is 0 Å². The second-order valence-corrected chi connectivity index (χ2v) is 4.05. The first kappa shape index (κ1) is 9.05. The lowest BCUT2D eigenvalue weighted by molar-refractivity contribution is -0.385. The molecule has 7 heteroatoms. The van der Waals surface area contributed by atoms with Crippen LogP contribution in [0.25, 0.3) is 0 Å². The SMILES string of the molecule is O=C=Nc1cc([N+](=O)[O-])c(Br)s1. The van der Waals surface area contributed by atoms with E-state index in [0.717, 1.165) is 11.3 Å². The van der Waals surface area contributed by atoms with Gasteiger partial charge in [0, 0.05) is 0 Å². The fourth-order valence-corrected chi connectivity index (χ4v) is 2.00. The minimum atomic E-state index is -0.551. The summed E-state index contributed by atoms with van der Waals surface area (Å²) < 4.78 is 0.349. The largest absolute Gasteiger partial charge is 0.296 e. The Labute approximate surface area is 79.0 Å². The van der Waals surface area contributed by atoms with Crippen molar-refractivity contribution in [3.05, 3.63) is 20.0 Å². The first-order valence-corrected chi connectivity index (χ1v) is 4.27. The van der Waals surface area contributed by atoms with Gasteiger partial charge in [0.05, 0.1) is 11.0 Å². The molecule has 0 aliphatic carbocycles. The van der Waals surface area contributed by atoms with Crippen molar-refractivity contribution in [1.29, 1.82) is 0 Å². The maximum absolute atomic E-state index is 10.3. The Bertz CT molecular complexity index is 369. The molecular formula is C5HBrN2O3S. The number of rotatable bonds is 2. The van der Waals surface area contributed by atoms with Crippen LogP contribution in [0.4, 0.5) is 10.7 Å². The Balaban J connectivity index is 3.16. The smallest absolute Gasteiger partial charge is 0.258 e. The van der Waals surface area contributed by atoms with Crippen molar-refractivity contribution in [1.82, 2.24) is 0 Å². The van der Waals surface area contributed by atoms with Crippen LogP contribution < -0.4 is 0 Å². The van der Waals surface area contributed by atoms with Crippen molar-refractivity contribution in [3.8, 4) is 0 Å². The first-order chi connectivity index (χ1) is 5.65. The van der Waals surface area contributed by atoms with Crippen LogP contribution in [0, 0.1) is 10.1 Å². The normalized spacial score (nSPS) is 9.08. The van der Waals surface area contributed by atoms with Crippen molar-refractivity contribution in [2.24, 2.45) is 4.99 Å².